The second-order valence-electron chi connectivity index (χ2n) is 7.71. The van der Waals surface area contributed by atoms with Crippen LogP contribution in [0, 0.1) is 5.92 Å². The summed E-state index contributed by atoms with van der Waals surface area (Å²) in [6, 6.07) is 6.56. The molecule has 0 aliphatic carbocycles. The molecule has 0 fully saturated rings. The zero-order valence-corrected chi connectivity index (χ0v) is 16.8. The molecule has 2 N–H and O–H groups in total. The van der Waals surface area contributed by atoms with Crippen molar-refractivity contribution < 1.29 is 19.1 Å². The van der Waals surface area contributed by atoms with Crippen LogP contribution in [0.25, 0.3) is 0 Å². The van der Waals surface area contributed by atoms with Crippen molar-refractivity contribution in [3.63, 3.8) is 0 Å². The molecule has 2 amide bonds. The molecule has 0 aliphatic heterocycles. The molecule has 0 unspecified atom stereocenters. The number of ether oxygens (including phenoxy) is 1. The van der Waals surface area contributed by atoms with Gasteiger partial charge in [0.05, 0.1) is 0 Å². The molecule has 6 heteroatoms. The van der Waals surface area contributed by atoms with Crippen molar-refractivity contribution in [1.82, 2.24) is 5.32 Å². The standard InChI is InChI=1S/C21H30N2O4/c1-7-17(24)22-16-11-8-15(9-12-16)10-13-18(25)23-19(14(2)3)20(26)27-21(4,5)6/h7-9,11-12,14,19H,1,10,13H2,2-6H3,(H,22,24)(H,23,25)/t19-/m0/s1. The topological polar surface area (TPSA) is 84.5 Å². The molecule has 1 rings (SSSR count). The Morgan fingerprint density at radius 1 is 1.15 bits per heavy atom. The Morgan fingerprint density at radius 2 is 1.74 bits per heavy atom. The van der Waals surface area contributed by atoms with E-state index in [1.54, 1.807) is 32.9 Å². The van der Waals surface area contributed by atoms with Gasteiger partial charge in [-0.1, -0.05) is 32.6 Å². The van der Waals surface area contributed by atoms with E-state index in [1.807, 2.05) is 26.0 Å². The lowest BCUT2D eigenvalue weighted by Crippen LogP contribution is -2.47. The van der Waals surface area contributed by atoms with E-state index in [2.05, 4.69) is 17.2 Å². The number of anilines is 1. The maximum atomic E-state index is 12.3. The maximum absolute atomic E-state index is 12.3. The summed E-state index contributed by atoms with van der Waals surface area (Å²) in [4.78, 5) is 35.8. The molecule has 0 bridgehead atoms. The van der Waals surface area contributed by atoms with Crippen LogP contribution in [0.15, 0.2) is 36.9 Å². The van der Waals surface area contributed by atoms with Gasteiger partial charge in [-0.15, -0.1) is 0 Å². The fourth-order valence-electron chi connectivity index (χ4n) is 2.31. The molecule has 0 saturated carbocycles. The minimum absolute atomic E-state index is 0.0726. The summed E-state index contributed by atoms with van der Waals surface area (Å²) in [6.45, 7) is 12.5. The fourth-order valence-corrected chi connectivity index (χ4v) is 2.31. The van der Waals surface area contributed by atoms with Crippen molar-refractivity contribution in [1.29, 1.82) is 0 Å². The Bertz CT molecular complexity index is 672. The summed E-state index contributed by atoms with van der Waals surface area (Å²) in [5.41, 5.74) is 1.02. The number of hydrogen-bond acceptors (Lipinski definition) is 4. The number of carbonyl (C=O) groups is 3. The van der Waals surface area contributed by atoms with Gasteiger partial charge in [0, 0.05) is 12.1 Å². The number of aryl methyl sites for hydroxylation is 1. The Hall–Kier alpha value is -2.63. The van der Waals surface area contributed by atoms with Crippen molar-refractivity contribution in [3.05, 3.63) is 42.5 Å². The summed E-state index contributed by atoms with van der Waals surface area (Å²) in [7, 11) is 0. The van der Waals surface area contributed by atoms with Gasteiger partial charge in [0.15, 0.2) is 0 Å². The quantitative estimate of drug-likeness (QED) is 0.540. The summed E-state index contributed by atoms with van der Waals surface area (Å²) in [5.74, 6) is -0.975. The first-order valence-corrected chi connectivity index (χ1v) is 9.06. The first kappa shape index (κ1) is 22.4. The molecule has 1 atom stereocenters. The number of rotatable bonds is 8. The van der Waals surface area contributed by atoms with Crippen molar-refractivity contribution in [2.45, 2.75) is 59.1 Å². The van der Waals surface area contributed by atoms with Gasteiger partial charge in [-0.25, -0.2) is 4.79 Å². The van der Waals surface area contributed by atoms with E-state index in [0.717, 1.165) is 5.56 Å². The minimum atomic E-state index is -0.673. The maximum Gasteiger partial charge on any atom is 0.329 e. The molecule has 0 aromatic heterocycles. The van der Waals surface area contributed by atoms with Gasteiger partial charge in [-0.05, 0) is 56.9 Å². The molecule has 148 valence electrons. The largest absolute Gasteiger partial charge is 0.458 e. The van der Waals surface area contributed by atoms with Crippen LogP contribution in [0.3, 0.4) is 0 Å². The van der Waals surface area contributed by atoms with Gasteiger partial charge in [0.1, 0.15) is 11.6 Å². The molecule has 27 heavy (non-hydrogen) atoms. The first-order chi connectivity index (χ1) is 12.5. The summed E-state index contributed by atoms with van der Waals surface area (Å²) < 4.78 is 5.38. The normalized spacial score (nSPS) is 12.2. The van der Waals surface area contributed by atoms with Crippen LogP contribution in [0.5, 0.6) is 0 Å². The molecule has 0 saturated heterocycles. The van der Waals surface area contributed by atoms with Gasteiger partial charge in [0.2, 0.25) is 11.8 Å². The van der Waals surface area contributed by atoms with Gasteiger partial charge >= 0.3 is 5.97 Å². The molecular formula is C21H30N2O4. The number of nitrogens with one attached hydrogen (secondary N) is 2. The van der Waals surface area contributed by atoms with Gasteiger partial charge in [-0.2, -0.15) is 0 Å². The number of amides is 2. The molecule has 0 aliphatic rings. The monoisotopic (exact) mass is 374 g/mol. The van der Waals surface area contributed by atoms with E-state index < -0.39 is 17.6 Å². The van der Waals surface area contributed by atoms with Crippen LogP contribution in [0.4, 0.5) is 5.69 Å². The first-order valence-electron chi connectivity index (χ1n) is 9.06. The lowest BCUT2D eigenvalue weighted by Gasteiger charge is -2.26. The van der Waals surface area contributed by atoms with Crippen LogP contribution < -0.4 is 10.6 Å². The lowest BCUT2D eigenvalue weighted by atomic mass is 10.0. The Kier molecular flexibility index (Phi) is 8.22. The highest BCUT2D eigenvalue weighted by molar-refractivity contribution is 5.98. The summed E-state index contributed by atoms with van der Waals surface area (Å²) in [5, 5.41) is 5.44. The fraction of sp³-hybridized carbons (Fsp3) is 0.476. The molecule has 1 aromatic carbocycles. The minimum Gasteiger partial charge on any atom is -0.458 e. The number of carbonyl (C=O) groups excluding carboxylic acids is 3. The van der Waals surface area contributed by atoms with Crippen LogP contribution in [-0.4, -0.2) is 29.4 Å². The van der Waals surface area contributed by atoms with Crippen LogP contribution in [0.2, 0.25) is 0 Å². The highest BCUT2D eigenvalue weighted by atomic mass is 16.6. The van der Waals surface area contributed by atoms with E-state index in [9.17, 15) is 14.4 Å². The van der Waals surface area contributed by atoms with Crippen molar-refractivity contribution in [2.24, 2.45) is 5.92 Å². The van der Waals surface area contributed by atoms with Crippen molar-refractivity contribution >= 4 is 23.5 Å². The van der Waals surface area contributed by atoms with Crippen molar-refractivity contribution in [2.75, 3.05) is 5.32 Å². The van der Waals surface area contributed by atoms with E-state index in [4.69, 9.17) is 4.74 Å². The van der Waals surface area contributed by atoms with Crippen LogP contribution >= 0.6 is 0 Å². The van der Waals surface area contributed by atoms with E-state index in [0.29, 0.717) is 12.1 Å². The summed E-state index contributed by atoms with van der Waals surface area (Å²) in [6.07, 6.45) is 1.99. The molecule has 0 radical (unpaired) electrons. The molecular weight excluding hydrogens is 344 g/mol. The average molecular weight is 374 g/mol. The zero-order valence-electron chi connectivity index (χ0n) is 16.8. The Balaban J connectivity index is 2.58. The van der Waals surface area contributed by atoms with E-state index in [1.165, 1.54) is 6.08 Å². The molecule has 0 heterocycles. The Morgan fingerprint density at radius 3 is 2.22 bits per heavy atom. The third-order valence-corrected chi connectivity index (χ3v) is 3.69. The second kappa shape index (κ2) is 9.90. The van der Waals surface area contributed by atoms with Crippen LogP contribution in [0.1, 0.15) is 46.6 Å². The third-order valence-electron chi connectivity index (χ3n) is 3.69. The van der Waals surface area contributed by atoms with E-state index >= 15 is 0 Å². The smallest absolute Gasteiger partial charge is 0.329 e. The number of hydrogen-bond donors (Lipinski definition) is 2. The molecule has 6 nitrogen and oxygen atoms in total. The average Bonchev–Trinajstić information content (AvgIpc) is 2.57. The number of esters is 1. The SMILES string of the molecule is C=CC(=O)Nc1ccc(CCC(=O)N[C@H](C(=O)OC(C)(C)C)C(C)C)cc1. The molecule has 0 spiro atoms. The van der Waals surface area contributed by atoms with Crippen LogP contribution in [-0.2, 0) is 25.5 Å². The zero-order chi connectivity index (χ0) is 20.6. The van der Waals surface area contributed by atoms with Gasteiger partial charge in [0.25, 0.3) is 0 Å². The number of benzene rings is 1. The molecule has 1 aromatic rings. The second-order valence-corrected chi connectivity index (χ2v) is 7.71. The van der Waals surface area contributed by atoms with Gasteiger partial charge in [-0.3, -0.25) is 9.59 Å². The van der Waals surface area contributed by atoms with Gasteiger partial charge < -0.3 is 15.4 Å². The lowest BCUT2D eigenvalue weighted by molar-refractivity contribution is -0.160. The third kappa shape index (κ3) is 8.53. The summed E-state index contributed by atoms with van der Waals surface area (Å²) >= 11 is 0. The van der Waals surface area contributed by atoms with E-state index in [-0.39, 0.29) is 24.2 Å². The highest BCUT2D eigenvalue weighted by Gasteiger charge is 2.28. The Labute approximate surface area is 161 Å². The predicted octanol–water partition coefficient (Wildman–Crippen LogP) is 3.23. The predicted molar refractivity (Wildman–Crippen MR) is 106 cm³/mol. The van der Waals surface area contributed by atoms with Crippen molar-refractivity contribution in [3.8, 4) is 0 Å². The highest BCUT2D eigenvalue weighted by Crippen LogP contribution is 2.14.